The summed E-state index contributed by atoms with van der Waals surface area (Å²) in [5.74, 6) is -0.103. The molecule has 0 aliphatic heterocycles. The first kappa shape index (κ1) is 13.9. The summed E-state index contributed by atoms with van der Waals surface area (Å²) in [6.45, 7) is 2.95. The maximum Gasteiger partial charge on any atom is 0.323 e. The fourth-order valence-corrected chi connectivity index (χ4v) is 2.04. The van der Waals surface area contributed by atoms with Crippen LogP contribution in [0.25, 0.3) is 0 Å². The van der Waals surface area contributed by atoms with Crippen LogP contribution in [0.2, 0.25) is 0 Å². The Bertz CT molecular complexity index is 356. The lowest BCUT2D eigenvalue weighted by molar-refractivity contribution is -0.135. The fourth-order valence-electron chi connectivity index (χ4n) is 1.31. The van der Waals surface area contributed by atoms with Gasteiger partial charge in [-0.3, -0.25) is 4.79 Å². The Morgan fingerprint density at radius 3 is 2.94 bits per heavy atom. The van der Waals surface area contributed by atoms with Crippen LogP contribution in [0.15, 0.2) is 0 Å². The molecular formula is C10H17N3O3S. The first-order chi connectivity index (χ1) is 8.17. The number of hydrogen-bond donors (Lipinski definition) is 1. The third-order valence-corrected chi connectivity index (χ3v) is 2.91. The second kappa shape index (κ2) is 7.18. The number of ether oxygens (including phenoxy) is 1. The van der Waals surface area contributed by atoms with Crippen LogP contribution in [-0.4, -0.2) is 47.2 Å². The van der Waals surface area contributed by atoms with Gasteiger partial charge in [0.2, 0.25) is 5.13 Å². The highest BCUT2D eigenvalue weighted by Gasteiger charge is 2.15. The number of methoxy groups -OCH3 is 1. The molecule has 0 unspecified atom stereocenters. The Labute approximate surface area is 104 Å². The van der Waals surface area contributed by atoms with Gasteiger partial charge in [0, 0.05) is 31.6 Å². The van der Waals surface area contributed by atoms with Gasteiger partial charge in [-0.15, -0.1) is 0 Å². The summed E-state index contributed by atoms with van der Waals surface area (Å²) in [7, 11) is 1.58. The number of anilines is 1. The zero-order chi connectivity index (χ0) is 12.7. The summed E-state index contributed by atoms with van der Waals surface area (Å²) in [5, 5.41) is 9.47. The van der Waals surface area contributed by atoms with E-state index < -0.39 is 5.97 Å². The van der Waals surface area contributed by atoms with Crippen LogP contribution in [0.1, 0.15) is 19.2 Å². The van der Waals surface area contributed by atoms with Gasteiger partial charge in [-0.1, -0.05) is 6.92 Å². The zero-order valence-electron chi connectivity index (χ0n) is 10.0. The number of hydrogen-bond acceptors (Lipinski definition) is 6. The van der Waals surface area contributed by atoms with Crippen LogP contribution in [0.4, 0.5) is 5.13 Å². The Hall–Kier alpha value is -1.21. The monoisotopic (exact) mass is 259 g/mol. The van der Waals surface area contributed by atoms with Crippen LogP contribution >= 0.6 is 11.5 Å². The summed E-state index contributed by atoms with van der Waals surface area (Å²) in [6.07, 6.45) is 1.80. The van der Waals surface area contributed by atoms with Crippen molar-refractivity contribution < 1.29 is 14.6 Å². The van der Waals surface area contributed by atoms with Crippen molar-refractivity contribution in [3.63, 3.8) is 0 Å². The summed E-state index contributed by atoms with van der Waals surface area (Å²) in [5.41, 5.74) is 0. The highest BCUT2D eigenvalue weighted by molar-refractivity contribution is 7.09. The first-order valence-electron chi connectivity index (χ1n) is 5.45. The minimum Gasteiger partial charge on any atom is -0.480 e. The van der Waals surface area contributed by atoms with E-state index in [1.54, 1.807) is 12.0 Å². The maximum absolute atomic E-state index is 10.8. The van der Waals surface area contributed by atoms with E-state index in [2.05, 4.69) is 16.3 Å². The molecule has 1 N–H and O–H groups in total. The first-order valence-corrected chi connectivity index (χ1v) is 6.23. The average molecular weight is 259 g/mol. The normalized spacial score (nSPS) is 10.5. The molecule has 0 aliphatic carbocycles. The van der Waals surface area contributed by atoms with Crippen molar-refractivity contribution in [3.05, 3.63) is 5.82 Å². The van der Waals surface area contributed by atoms with Crippen LogP contribution in [0.5, 0.6) is 0 Å². The molecule has 0 saturated carbocycles. The molecule has 6 nitrogen and oxygen atoms in total. The summed E-state index contributed by atoms with van der Waals surface area (Å²) < 4.78 is 9.15. The molecule has 1 aromatic heterocycles. The van der Waals surface area contributed by atoms with E-state index >= 15 is 0 Å². The number of rotatable bonds is 8. The Morgan fingerprint density at radius 2 is 2.35 bits per heavy atom. The molecule has 17 heavy (non-hydrogen) atoms. The lowest BCUT2D eigenvalue weighted by Gasteiger charge is -2.18. The largest absolute Gasteiger partial charge is 0.480 e. The Morgan fingerprint density at radius 1 is 1.59 bits per heavy atom. The van der Waals surface area contributed by atoms with E-state index in [9.17, 15) is 4.79 Å². The predicted molar refractivity (Wildman–Crippen MR) is 65.6 cm³/mol. The molecule has 1 aromatic rings. The highest BCUT2D eigenvalue weighted by atomic mass is 32.1. The third-order valence-electron chi connectivity index (χ3n) is 2.09. The van der Waals surface area contributed by atoms with E-state index in [-0.39, 0.29) is 6.54 Å². The fraction of sp³-hybridized carbons (Fsp3) is 0.700. The molecule has 1 rings (SSSR count). The van der Waals surface area contributed by atoms with E-state index in [0.717, 1.165) is 18.7 Å². The quantitative estimate of drug-likeness (QED) is 0.751. The number of carboxylic acids is 1. The number of aryl methyl sites for hydroxylation is 1. The van der Waals surface area contributed by atoms with Crippen molar-refractivity contribution in [2.24, 2.45) is 0 Å². The molecule has 7 heteroatoms. The molecule has 1 heterocycles. The minimum absolute atomic E-state index is 0.0792. The van der Waals surface area contributed by atoms with E-state index in [4.69, 9.17) is 9.84 Å². The van der Waals surface area contributed by atoms with E-state index in [1.807, 2.05) is 0 Å². The lowest BCUT2D eigenvalue weighted by Crippen LogP contribution is -2.32. The van der Waals surface area contributed by atoms with Crippen molar-refractivity contribution in [1.82, 2.24) is 9.36 Å². The molecule has 96 valence electrons. The number of aromatic nitrogens is 2. The maximum atomic E-state index is 10.8. The van der Waals surface area contributed by atoms with Crippen LogP contribution in [-0.2, 0) is 16.0 Å². The minimum atomic E-state index is -0.881. The molecule has 0 atom stereocenters. The summed E-state index contributed by atoms with van der Waals surface area (Å²) >= 11 is 1.24. The Balaban J connectivity index is 2.68. The van der Waals surface area contributed by atoms with Gasteiger partial charge in [-0.05, 0) is 6.42 Å². The Kier molecular flexibility index (Phi) is 5.85. The molecule has 0 radical (unpaired) electrons. The van der Waals surface area contributed by atoms with Crippen LogP contribution in [0.3, 0.4) is 0 Å². The van der Waals surface area contributed by atoms with Crippen molar-refractivity contribution in [2.75, 3.05) is 31.7 Å². The summed E-state index contributed by atoms with van der Waals surface area (Å²) in [4.78, 5) is 16.7. The van der Waals surface area contributed by atoms with Crippen molar-refractivity contribution in [1.29, 1.82) is 0 Å². The molecule has 0 aliphatic rings. The van der Waals surface area contributed by atoms with Gasteiger partial charge in [0.15, 0.2) is 0 Å². The zero-order valence-corrected chi connectivity index (χ0v) is 10.9. The second-order valence-electron chi connectivity index (χ2n) is 3.55. The number of aliphatic carboxylic acids is 1. The predicted octanol–water partition coefficient (Wildman–Crippen LogP) is 1.03. The topological polar surface area (TPSA) is 75.6 Å². The molecular weight excluding hydrogens is 242 g/mol. The van der Waals surface area contributed by atoms with E-state index in [1.165, 1.54) is 11.5 Å². The van der Waals surface area contributed by atoms with Gasteiger partial charge in [0.25, 0.3) is 0 Å². The van der Waals surface area contributed by atoms with Crippen molar-refractivity contribution in [3.8, 4) is 0 Å². The van der Waals surface area contributed by atoms with Gasteiger partial charge in [0.05, 0.1) is 6.61 Å². The van der Waals surface area contributed by atoms with Gasteiger partial charge in [-0.25, -0.2) is 4.98 Å². The number of carboxylic acid groups (broad SMARTS) is 1. The highest BCUT2D eigenvalue weighted by Crippen LogP contribution is 2.17. The summed E-state index contributed by atoms with van der Waals surface area (Å²) in [6, 6.07) is 0. The van der Waals surface area contributed by atoms with Gasteiger partial charge in [0.1, 0.15) is 12.4 Å². The van der Waals surface area contributed by atoms with Crippen molar-refractivity contribution in [2.45, 2.75) is 19.8 Å². The molecule has 0 amide bonds. The molecule has 0 aromatic carbocycles. The van der Waals surface area contributed by atoms with Crippen LogP contribution in [0, 0.1) is 0 Å². The standard InChI is InChI=1S/C10H17N3O3S/c1-3-4-8-11-10(17-12-8)13(5-6-16-2)7-9(14)15/h3-7H2,1-2H3,(H,14,15). The van der Waals surface area contributed by atoms with Crippen LogP contribution < -0.4 is 4.90 Å². The lowest BCUT2D eigenvalue weighted by atomic mass is 10.3. The molecule has 0 saturated heterocycles. The second-order valence-corrected chi connectivity index (χ2v) is 4.28. The van der Waals surface area contributed by atoms with E-state index in [0.29, 0.717) is 18.3 Å². The average Bonchev–Trinajstić information content (AvgIpc) is 2.73. The SMILES string of the molecule is CCCc1nsc(N(CCOC)CC(=O)O)n1. The smallest absolute Gasteiger partial charge is 0.323 e. The molecule has 0 spiro atoms. The third kappa shape index (κ3) is 4.66. The van der Waals surface area contributed by atoms with Gasteiger partial charge < -0.3 is 14.7 Å². The van der Waals surface area contributed by atoms with Gasteiger partial charge in [-0.2, -0.15) is 4.37 Å². The van der Waals surface area contributed by atoms with Crippen molar-refractivity contribution >= 4 is 22.6 Å². The molecule has 0 bridgehead atoms. The van der Waals surface area contributed by atoms with Gasteiger partial charge >= 0.3 is 5.97 Å². The number of carbonyl (C=O) groups is 1. The molecule has 0 fully saturated rings. The number of nitrogens with zero attached hydrogens (tertiary/aromatic N) is 3.